The summed E-state index contributed by atoms with van der Waals surface area (Å²) in [6.45, 7) is 7.16. The molecule has 1 atom stereocenters. The number of primary amides is 1. The Kier molecular flexibility index (Phi) is 6.93. The predicted octanol–water partition coefficient (Wildman–Crippen LogP) is 6.36. The van der Waals surface area contributed by atoms with Gasteiger partial charge in [-0.05, 0) is 54.5 Å². The van der Waals surface area contributed by atoms with Crippen molar-refractivity contribution in [3.63, 3.8) is 0 Å². The third-order valence-electron chi connectivity index (χ3n) is 5.63. The number of alkyl halides is 3. The molecule has 4 nitrogen and oxygen atoms in total. The number of halogens is 3. The molecule has 1 fully saturated rings. The van der Waals surface area contributed by atoms with Gasteiger partial charge in [-0.3, -0.25) is 4.79 Å². The third kappa shape index (κ3) is 5.68. The minimum atomic E-state index is -4.32. The SMILES string of the molecule is Cc1nc(-c2ccc(C(F)(F)F)cc2)sc1CNc1ccc(C2CC2(C)C)cc1.NC=O. The molecule has 3 aromatic rings. The average Bonchev–Trinajstić information content (AvgIpc) is 3.21. The highest BCUT2D eigenvalue weighted by Crippen LogP contribution is 2.58. The molecule has 8 heteroatoms. The molecule has 1 aromatic heterocycles. The molecule has 0 spiro atoms. The summed E-state index contributed by atoms with van der Waals surface area (Å²) in [7, 11) is 0. The first-order chi connectivity index (χ1) is 15.0. The summed E-state index contributed by atoms with van der Waals surface area (Å²) in [4.78, 5) is 14.2. The summed E-state index contributed by atoms with van der Waals surface area (Å²) in [5.74, 6) is 0.659. The first kappa shape index (κ1) is 23.8. The van der Waals surface area contributed by atoms with Gasteiger partial charge in [0.05, 0.1) is 17.8 Å². The van der Waals surface area contributed by atoms with Crippen LogP contribution >= 0.6 is 11.3 Å². The zero-order chi connectivity index (χ0) is 23.5. The topological polar surface area (TPSA) is 68.0 Å². The average molecular weight is 462 g/mol. The van der Waals surface area contributed by atoms with Crippen molar-refractivity contribution in [2.24, 2.45) is 11.1 Å². The van der Waals surface area contributed by atoms with Gasteiger partial charge < -0.3 is 11.1 Å². The number of nitrogens with one attached hydrogen (secondary N) is 1. The lowest BCUT2D eigenvalue weighted by molar-refractivity contribution is -0.137. The number of aryl methyl sites for hydroxylation is 1. The minimum absolute atomic E-state index is 0.250. The van der Waals surface area contributed by atoms with Crippen molar-refractivity contribution >= 4 is 23.4 Å². The van der Waals surface area contributed by atoms with E-state index in [0.717, 1.165) is 33.4 Å². The summed E-state index contributed by atoms with van der Waals surface area (Å²) < 4.78 is 38.2. The van der Waals surface area contributed by atoms with E-state index in [2.05, 4.69) is 54.1 Å². The highest BCUT2D eigenvalue weighted by atomic mass is 32.1. The molecule has 1 aliphatic rings. The number of anilines is 1. The van der Waals surface area contributed by atoms with Crippen LogP contribution in [0.4, 0.5) is 18.9 Å². The highest BCUT2D eigenvalue weighted by molar-refractivity contribution is 7.15. The van der Waals surface area contributed by atoms with Crippen LogP contribution in [0.2, 0.25) is 0 Å². The Bertz CT molecular complexity index is 1060. The van der Waals surface area contributed by atoms with Crippen LogP contribution in [0.1, 0.15) is 47.9 Å². The van der Waals surface area contributed by atoms with Crippen molar-refractivity contribution in [1.29, 1.82) is 0 Å². The van der Waals surface area contributed by atoms with E-state index in [1.165, 1.54) is 35.5 Å². The fraction of sp³-hybridized carbons (Fsp3) is 0.333. The van der Waals surface area contributed by atoms with Gasteiger partial charge in [0.1, 0.15) is 5.01 Å². The zero-order valence-corrected chi connectivity index (χ0v) is 19.0. The summed E-state index contributed by atoms with van der Waals surface area (Å²) in [5.41, 5.74) is 7.98. The molecular weight excluding hydrogens is 435 g/mol. The normalized spacial score (nSPS) is 16.6. The first-order valence-corrected chi connectivity index (χ1v) is 11.0. The molecule has 170 valence electrons. The maximum atomic E-state index is 12.7. The van der Waals surface area contributed by atoms with Crippen LogP contribution in [-0.4, -0.2) is 11.4 Å². The van der Waals surface area contributed by atoms with E-state index in [0.29, 0.717) is 23.4 Å². The Morgan fingerprint density at radius 2 is 1.72 bits per heavy atom. The fourth-order valence-corrected chi connectivity index (χ4v) is 4.58. The van der Waals surface area contributed by atoms with Crippen molar-refractivity contribution in [3.05, 3.63) is 70.2 Å². The largest absolute Gasteiger partial charge is 0.416 e. The number of carbonyl (C=O) groups excluding carboxylic acids is 1. The van der Waals surface area contributed by atoms with Gasteiger partial charge in [-0.2, -0.15) is 13.2 Å². The van der Waals surface area contributed by atoms with Crippen molar-refractivity contribution in [3.8, 4) is 10.6 Å². The summed E-state index contributed by atoms with van der Waals surface area (Å²) in [6.07, 6.45) is -2.83. The molecule has 32 heavy (non-hydrogen) atoms. The van der Waals surface area contributed by atoms with Gasteiger partial charge in [0.25, 0.3) is 0 Å². The van der Waals surface area contributed by atoms with Crippen molar-refractivity contribution in [2.75, 3.05) is 5.32 Å². The first-order valence-electron chi connectivity index (χ1n) is 10.2. The summed E-state index contributed by atoms with van der Waals surface area (Å²) in [6, 6.07) is 13.8. The Labute approximate surface area is 189 Å². The summed E-state index contributed by atoms with van der Waals surface area (Å²) >= 11 is 1.51. The molecule has 1 amide bonds. The molecule has 1 saturated carbocycles. The summed E-state index contributed by atoms with van der Waals surface area (Å²) in [5, 5.41) is 4.16. The van der Waals surface area contributed by atoms with Crippen LogP contribution in [0.25, 0.3) is 10.6 Å². The number of aromatic nitrogens is 1. The molecule has 1 heterocycles. The predicted molar refractivity (Wildman–Crippen MR) is 122 cm³/mol. The Morgan fingerprint density at radius 1 is 1.16 bits per heavy atom. The molecule has 0 saturated heterocycles. The van der Waals surface area contributed by atoms with Gasteiger partial charge >= 0.3 is 6.18 Å². The molecule has 0 radical (unpaired) electrons. The molecule has 4 rings (SSSR count). The van der Waals surface area contributed by atoms with Crippen LogP contribution in [0.3, 0.4) is 0 Å². The van der Waals surface area contributed by atoms with E-state index >= 15 is 0 Å². The third-order valence-corrected chi connectivity index (χ3v) is 6.84. The fourth-order valence-electron chi connectivity index (χ4n) is 3.57. The van der Waals surface area contributed by atoms with Gasteiger partial charge in [0, 0.05) is 16.1 Å². The minimum Gasteiger partial charge on any atom is -0.380 e. The van der Waals surface area contributed by atoms with Gasteiger partial charge in [-0.1, -0.05) is 38.1 Å². The van der Waals surface area contributed by atoms with Gasteiger partial charge in [-0.15, -0.1) is 11.3 Å². The molecular formula is C24H26F3N3OS. The van der Waals surface area contributed by atoms with E-state index in [-0.39, 0.29) is 6.41 Å². The highest BCUT2D eigenvalue weighted by Gasteiger charge is 2.46. The number of thiazole rings is 1. The number of benzene rings is 2. The van der Waals surface area contributed by atoms with Crippen LogP contribution in [-0.2, 0) is 17.5 Å². The van der Waals surface area contributed by atoms with Crippen molar-refractivity contribution in [1.82, 2.24) is 4.98 Å². The number of hydrogen-bond acceptors (Lipinski definition) is 4. The second-order valence-corrected chi connectivity index (χ2v) is 9.54. The molecule has 3 N–H and O–H groups in total. The van der Waals surface area contributed by atoms with Crippen LogP contribution in [0.5, 0.6) is 0 Å². The maximum Gasteiger partial charge on any atom is 0.416 e. The van der Waals surface area contributed by atoms with Gasteiger partial charge in [0.15, 0.2) is 0 Å². The van der Waals surface area contributed by atoms with E-state index in [9.17, 15) is 13.2 Å². The standard InChI is InChI=1S/C23H23F3N2S.CH3NO/c1-14-20(13-27-18-10-6-15(7-11-18)19-12-22(19,2)3)29-21(28-14)16-4-8-17(9-5-16)23(24,25)26;2-1-3/h4-11,19,27H,12-13H2,1-3H3;1H,(H2,2,3). The van der Waals surface area contributed by atoms with Gasteiger partial charge in [-0.25, -0.2) is 4.98 Å². The van der Waals surface area contributed by atoms with Gasteiger partial charge in [0.2, 0.25) is 6.41 Å². The molecule has 0 aliphatic heterocycles. The second kappa shape index (κ2) is 9.32. The Morgan fingerprint density at radius 3 is 2.22 bits per heavy atom. The van der Waals surface area contributed by atoms with Crippen LogP contribution in [0.15, 0.2) is 48.5 Å². The number of amides is 1. The smallest absolute Gasteiger partial charge is 0.380 e. The molecule has 0 bridgehead atoms. The van der Waals surface area contributed by atoms with Crippen LogP contribution in [0, 0.1) is 12.3 Å². The van der Waals surface area contributed by atoms with E-state index in [1.54, 1.807) is 0 Å². The molecule has 1 unspecified atom stereocenters. The number of carbonyl (C=O) groups is 1. The number of nitrogens with zero attached hydrogens (tertiary/aromatic N) is 1. The van der Waals surface area contributed by atoms with E-state index < -0.39 is 11.7 Å². The Hall–Kier alpha value is -2.87. The lowest BCUT2D eigenvalue weighted by Gasteiger charge is -2.08. The Balaban J connectivity index is 0.000000913. The lowest BCUT2D eigenvalue weighted by atomic mass is 10.0. The maximum absolute atomic E-state index is 12.7. The zero-order valence-electron chi connectivity index (χ0n) is 18.2. The van der Waals surface area contributed by atoms with Crippen molar-refractivity contribution in [2.45, 2.75) is 45.8 Å². The quantitative estimate of drug-likeness (QED) is 0.434. The second-order valence-electron chi connectivity index (χ2n) is 8.46. The van der Waals surface area contributed by atoms with Crippen LogP contribution < -0.4 is 11.1 Å². The van der Waals surface area contributed by atoms with E-state index in [1.807, 2.05) is 6.92 Å². The number of rotatable bonds is 5. The number of nitrogens with two attached hydrogens (primary N) is 1. The van der Waals surface area contributed by atoms with Crippen molar-refractivity contribution < 1.29 is 18.0 Å². The molecule has 1 aliphatic carbocycles. The number of hydrogen-bond donors (Lipinski definition) is 2. The van der Waals surface area contributed by atoms with E-state index in [4.69, 9.17) is 4.79 Å². The lowest BCUT2D eigenvalue weighted by Crippen LogP contribution is -2.03. The molecule has 2 aromatic carbocycles. The monoisotopic (exact) mass is 461 g/mol.